The Morgan fingerprint density at radius 2 is 2.07 bits per heavy atom. The third-order valence-corrected chi connectivity index (χ3v) is 5.76. The molecule has 5 rings (SSSR count). The third kappa shape index (κ3) is 3.48. The molecule has 4 aromatic rings. The van der Waals surface area contributed by atoms with Gasteiger partial charge in [0.1, 0.15) is 0 Å². The molecule has 0 amide bonds. The van der Waals surface area contributed by atoms with Gasteiger partial charge >= 0.3 is 0 Å². The van der Waals surface area contributed by atoms with Crippen LogP contribution in [0.2, 0.25) is 0 Å². The minimum absolute atomic E-state index is 0.316. The fraction of sp³-hybridized carbons (Fsp3) is 0.333. The summed E-state index contributed by atoms with van der Waals surface area (Å²) >= 11 is 0. The number of anilines is 2. The van der Waals surface area contributed by atoms with Gasteiger partial charge in [-0.25, -0.2) is 9.97 Å². The first-order valence-corrected chi connectivity index (χ1v) is 10.1. The maximum Gasteiger partial charge on any atom is 0.223 e. The Balaban J connectivity index is 1.30. The Kier molecular flexibility index (Phi) is 4.80. The molecular weight excluding hydrogens is 380 g/mol. The molecule has 1 saturated heterocycles. The zero-order valence-corrected chi connectivity index (χ0v) is 16.8. The molecule has 4 aromatic heterocycles. The summed E-state index contributed by atoms with van der Waals surface area (Å²) in [7, 11) is 2.15. The molecule has 0 spiro atoms. The van der Waals surface area contributed by atoms with E-state index in [1.165, 1.54) is 0 Å². The van der Waals surface area contributed by atoms with Crippen LogP contribution in [0.25, 0.3) is 17.2 Å². The number of hydrogen-bond acceptors (Lipinski definition) is 8. The van der Waals surface area contributed by atoms with Crippen molar-refractivity contribution in [3.05, 3.63) is 54.7 Å². The van der Waals surface area contributed by atoms with Gasteiger partial charge in [0, 0.05) is 50.7 Å². The number of furan rings is 1. The van der Waals surface area contributed by atoms with Gasteiger partial charge in [0.05, 0.1) is 18.1 Å². The van der Waals surface area contributed by atoms with Gasteiger partial charge in [0.15, 0.2) is 11.4 Å². The number of fused-ring (bicyclic) bond motifs is 1. The lowest BCUT2D eigenvalue weighted by molar-refractivity contribution is 0.203. The van der Waals surface area contributed by atoms with E-state index in [0.29, 0.717) is 23.6 Å². The Morgan fingerprint density at radius 1 is 1.20 bits per heavy atom. The van der Waals surface area contributed by atoms with Crippen molar-refractivity contribution in [1.29, 1.82) is 0 Å². The minimum Gasteiger partial charge on any atom is -0.461 e. The van der Waals surface area contributed by atoms with Crippen molar-refractivity contribution in [2.45, 2.75) is 25.4 Å². The van der Waals surface area contributed by atoms with Crippen molar-refractivity contribution in [3.8, 4) is 11.6 Å². The van der Waals surface area contributed by atoms with Crippen LogP contribution in [0.5, 0.6) is 0 Å². The number of pyridine rings is 1. The molecular formula is C21H24N8O. The second kappa shape index (κ2) is 7.75. The first kappa shape index (κ1) is 18.6. The monoisotopic (exact) mass is 404 g/mol. The molecule has 0 bridgehead atoms. The average Bonchev–Trinajstić information content (AvgIpc) is 3.47. The normalized spacial score (nSPS) is 15.6. The first-order valence-electron chi connectivity index (χ1n) is 10.1. The summed E-state index contributed by atoms with van der Waals surface area (Å²) in [4.78, 5) is 18.0. The SMILES string of the molecule is CN(c1cccnc1)C1CCN(Cc2cnc(N)n3nc(-c4ccco4)nc23)CC1. The summed E-state index contributed by atoms with van der Waals surface area (Å²) in [6.07, 6.45) is 9.33. The molecule has 0 radical (unpaired) electrons. The van der Waals surface area contributed by atoms with Crippen LogP contribution in [0.15, 0.2) is 53.5 Å². The van der Waals surface area contributed by atoms with Crippen LogP contribution in [-0.4, -0.2) is 55.6 Å². The topological polar surface area (TPSA) is 102 Å². The Labute approximate surface area is 174 Å². The van der Waals surface area contributed by atoms with Crippen molar-refractivity contribution in [3.63, 3.8) is 0 Å². The molecule has 5 heterocycles. The number of likely N-dealkylation sites (tertiary alicyclic amines) is 1. The van der Waals surface area contributed by atoms with E-state index in [-0.39, 0.29) is 0 Å². The van der Waals surface area contributed by atoms with E-state index in [4.69, 9.17) is 10.2 Å². The highest BCUT2D eigenvalue weighted by atomic mass is 16.3. The first-order chi connectivity index (χ1) is 14.7. The largest absolute Gasteiger partial charge is 0.461 e. The highest BCUT2D eigenvalue weighted by molar-refractivity contribution is 5.57. The molecule has 0 aromatic carbocycles. The van der Waals surface area contributed by atoms with E-state index >= 15 is 0 Å². The van der Waals surface area contributed by atoms with Crippen molar-refractivity contribution in [1.82, 2.24) is 29.5 Å². The highest BCUT2D eigenvalue weighted by Crippen LogP contribution is 2.24. The Morgan fingerprint density at radius 3 is 2.80 bits per heavy atom. The van der Waals surface area contributed by atoms with Gasteiger partial charge in [-0.3, -0.25) is 9.88 Å². The molecule has 0 atom stereocenters. The van der Waals surface area contributed by atoms with Crippen molar-refractivity contribution < 1.29 is 4.42 Å². The molecule has 0 unspecified atom stereocenters. The molecule has 30 heavy (non-hydrogen) atoms. The number of hydrogen-bond donors (Lipinski definition) is 1. The third-order valence-electron chi connectivity index (χ3n) is 5.76. The standard InChI is InChI=1S/C21H24N8O/c1-27(17-4-2-8-23-13-17)16-6-9-28(10-7-16)14-15-12-24-21(22)29-20(15)25-19(26-29)18-5-3-11-30-18/h2-5,8,11-13,16H,6-7,9-10,14H2,1H3,(H2,22,24). The zero-order chi connectivity index (χ0) is 20.5. The van der Waals surface area contributed by atoms with E-state index in [1.807, 2.05) is 30.6 Å². The molecule has 1 fully saturated rings. The molecule has 154 valence electrons. The van der Waals surface area contributed by atoms with Gasteiger partial charge in [-0.15, -0.1) is 5.10 Å². The molecule has 2 N–H and O–H groups in total. The Bertz CT molecular complexity index is 1120. The lowest BCUT2D eigenvalue weighted by atomic mass is 10.0. The molecule has 1 aliphatic rings. The highest BCUT2D eigenvalue weighted by Gasteiger charge is 2.24. The van der Waals surface area contributed by atoms with Crippen LogP contribution in [-0.2, 0) is 6.54 Å². The van der Waals surface area contributed by atoms with Crippen LogP contribution in [0.1, 0.15) is 18.4 Å². The lowest BCUT2D eigenvalue weighted by Gasteiger charge is -2.37. The maximum atomic E-state index is 6.03. The average molecular weight is 404 g/mol. The van der Waals surface area contributed by atoms with E-state index in [2.05, 4.69) is 43.0 Å². The van der Waals surface area contributed by atoms with E-state index < -0.39 is 0 Å². The molecule has 9 nitrogen and oxygen atoms in total. The summed E-state index contributed by atoms with van der Waals surface area (Å²) in [5, 5.41) is 4.47. The zero-order valence-electron chi connectivity index (χ0n) is 16.8. The summed E-state index contributed by atoms with van der Waals surface area (Å²) in [5.41, 5.74) is 8.92. The number of nitrogens with zero attached hydrogens (tertiary/aromatic N) is 7. The fourth-order valence-corrected chi connectivity index (χ4v) is 4.04. The Hall–Kier alpha value is -3.46. The predicted molar refractivity (Wildman–Crippen MR) is 114 cm³/mol. The second-order valence-corrected chi connectivity index (χ2v) is 7.62. The van der Waals surface area contributed by atoms with Gasteiger partial charge in [-0.05, 0) is 37.1 Å². The quantitative estimate of drug-likeness (QED) is 0.541. The van der Waals surface area contributed by atoms with Crippen molar-refractivity contribution in [2.24, 2.45) is 0 Å². The van der Waals surface area contributed by atoms with Crippen LogP contribution < -0.4 is 10.6 Å². The molecule has 0 saturated carbocycles. The predicted octanol–water partition coefficient (Wildman–Crippen LogP) is 2.46. The van der Waals surface area contributed by atoms with Gasteiger partial charge < -0.3 is 15.1 Å². The van der Waals surface area contributed by atoms with Crippen LogP contribution in [0.4, 0.5) is 11.6 Å². The van der Waals surface area contributed by atoms with Crippen LogP contribution in [0.3, 0.4) is 0 Å². The number of aromatic nitrogens is 5. The van der Waals surface area contributed by atoms with Gasteiger partial charge in [0.2, 0.25) is 11.8 Å². The summed E-state index contributed by atoms with van der Waals surface area (Å²) in [5.74, 6) is 1.44. The van der Waals surface area contributed by atoms with Gasteiger partial charge in [-0.1, -0.05) is 0 Å². The summed E-state index contributed by atoms with van der Waals surface area (Å²) < 4.78 is 7.02. The lowest BCUT2D eigenvalue weighted by Crippen LogP contribution is -2.43. The van der Waals surface area contributed by atoms with Gasteiger partial charge in [-0.2, -0.15) is 4.52 Å². The minimum atomic E-state index is 0.316. The number of nitrogens with two attached hydrogens (primary N) is 1. The fourth-order valence-electron chi connectivity index (χ4n) is 4.04. The van der Waals surface area contributed by atoms with E-state index in [0.717, 1.165) is 49.4 Å². The molecule has 0 aliphatic carbocycles. The van der Waals surface area contributed by atoms with E-state index in [1.54, 1.807) is 17.0 Å². The second-order valence-electron chi connectivity index (χ2n) is 7.62. The molecule has 9 heteroatoms. The van der Waals surface area contributed by atoms with E-state index in [9.17, 15) is 0 Å². The molecule has 1 aliphatic heterocycles. The van der Waals surface area contributed by atoms with Crippen molar-refractivity contribution >= 4 is 17.3 Å². The van der Waals surface area contributed by atoms with Crippen LogP contribution >= 0.6 is 0 Å². The summed E-state index contributed by atoms with van der Waals surface area (Å²) in [6, 6.07) is 8.25. The maximum absolute atomic E-state index is 6.03. The number of piperidine rings is 1. The van der Waals surface area contributed by atoms with Crippen molar-refractivity contribution in [2.75, 3.05) is 30.8 Å². The summed E-state index contributed by atoms with van der Waals surface area (Å²) in [6.45, 7) is 2.77. The number of nitrogen functional groups attached to an aromatic ring is 1. The van der Waals surface area contributed by atoms with Gasteiger partial charge in [0.25, 0.3) is 0 Å². The smallest absolute Gasteiger partial charge is 0.223 e. The number of rotatable bonds is 5. The van der Waals surface area contributed by atoms with Crippen LogP contribution in [0, 0.1) is 0 Å².